The summed E-state index contributed by atoms with van der Waals surface area (Å²) >= 11 is 0. The molecule has 1 nitrogen and oxygen atoms in total. The van der Waals surface area contributed by atoms with Gasteiger partial charge < -0.3 is 5.32 Å². The van der Waals surface area contributed by atoms with E-state index in [-0.39, 0.29) is 0 Å². The predicted octanol–water partition coefficient (Wildman–Crippen LogP) is 2.44. The van der Waals surface area contributed by atoms with Crippen LogP contribution in [0.3, 0.4) is 0 Å². The lowest BCUT2D eigenvalue weighted by Gasteiger charge is -2.20. The minimum absolute atomic E-state index is 0.479. The van der Waals surface area contributed by atoms with E-state index in [2.05, 4.69) is 32.7 Å². The molecule has 0 amide bonds. The Morgan fingerprint density at radius 3 is 2.18 bits per heavy atom. The highest BCUT2D eigenvalue weighted by Gasteiger charge is 2.10. The average molecular weight is 155 g/mol. The quantitative estimate of drug-likeness (QED) is 0.601. The maximum atomic E-state index is 3.78. The van der Waals surface area contributed by atoms with Crippen LogP contribution in [0, 0.1) is 11.8 Å². The van der Waals surface area contributed by atoms with Gasteiger partial charge in [-0.3, -0.25) is 0 Å². The molecule has 0 rings (SSSR count). The second kappa shape index (κ2) is 5.36. The molecule has 0 aliphatic rings. The Morgan fingerprint density at radius 1 is 1.36 bits per heavy atom. The minimum Gasteiger partial charge on any atom is -0.314 e. The molecule has 0 bridgehead atoms. The highest BCUT2D eigenvalue weighted by molar-refractivity contribution is 4.85. The van der Waals surface area contributed by atoms with Gasteiger partial charge in [0.25, 0.3) is 0 Å². The van der Waals surface area contributed by atoms with Gasteiger partial charge in [0.05, 0.1) is 0 Å². The van der Waals surface area contributed by atoms with E-state index < -0.39 is 0 Å². The van der Waals surface area contributed by atoms with Crippen LogP contribution in [0.15, 0.2) is 12.7 Å². The summed E-state index contributed by atoms with van der Waals surface area (Å²) in [6.45, 7) is 10.6. The molecule has 66 valence electrons. The molecule has 0 aromatic carbocycles. The Morgan fingerprint density at radius 2 is 1.91 bits per heavy atom. The zero-order chi connectivity index (χ0) is 8.85. The van der Waals surface area contributed by atoms with E-state index in [1.165, 1.54) is 6.42 Å². The van der Waals surface area contributed by atoms with Crippen molar-refractivity contribution in [1.29, 1.82) is 0 Å². The fraction of sp³-hybridized carbons (Fsp3) is 0.800. The van der Waals surface area contributed by atoms with Crippen molar-refractivity contribution < 1.29 is 0 Å². The van der Waals surface area contributed by atoms with Gasteiger partial charge in [-0.2, -0.15) is 0 Å². The Kier molecular flexibility index (Phi) is 5.22. The smallest absolute Gasteiger partial charge is 0.0247 e. The second-order valence-corrected chi connectivity index (χ2v) is 3.59. The molecule has 2 unspecified atom stereocenters. The molecule has 2 atom stereocenters. The average Bonchev–Trinajstić information content (AvgIpc) is 1.99. The Bertz CT molecular complexity index is 107. The van der Waals surface area contributed by atoms with Crippen LogP contribution in [0.4, 0.5) is 0 Å². The monoisotopic (exact) mass is 155 g/mol. The van der Waals surface area contributed by atoms with Crippen molar-refractivity contribution in [2.24, 2.45) is 11.8 Å². The Labute approximate surface area is 70.9 Å². The molecule has 0 radical (unpaired) electrons. The number of hydrogen-bond donors (Lipinski definition) is 1. The lowest BCUT2D eigenvalue weighted by atomic mass is 9.91. The van der Waals surface area contributed by atoms with Crippen LogP contribution in [-0.4, -0.2) is 13.1 Å². The van der Waals surface area contributed by atoms with Gasteiger partial charge in [-0.05, 0) is 25.3 Å². The van der Waals surface area contributed by atoms with Crippen LogP contribution < -0.4 is 5.32 Å². The standard InChI is InChI=1S/C10H21N/c1-6-10(11-5)7-9(4)8(2)3/h6,8-11H,1,7H2,2-5H3. The zero-order valence-corrected chi connectivity index (χ0v) is 8.22. The Hall–Kier alpha value is -0.300. The van der Waals surface area contributed by atoms with Crippen molar-refractivity contribution in [2.45, 2.75) is 33.2 Å². The molecule has 0 spiro atoms. The van der Waals surface area contributed by atoms with Crippen LogP contribution in [0.1, 0.15) is 27.2 Å². The highest BCUT2D eigenvalue weighted by atomic mass is 14.9. The summed E-state index contributed by atoms with van der Waals surface area (Å²) in [6.07, 6.45) is 3.18. The third kappa shape index (κ3) is 4.20. The topological polar surface area (TPSA) is 12.0 Å². The third-order valence-corrected chi connectivity index (χ3v) is 2.42. The first-order chi connectivity index (χ1) is 5.11. The molecule has 0 saturated heterocycles. The SMILES string of the molecule is C=CC(CC(C)C(C)C)NC. The molecule has 0 aromatic heterocycles. The van der Waals surface area contributed by atoms with E-state index in [1.54, 1.807) is 0 Å². The number of rotatable bonds is 5. The lowest BCUT2D eigenvalue weighted by Crippen LogP contribution is -2.26. The van der Waals surface area contributed by atoms with Crippen molar-refractivity contribution in [3.8, 4) is 0 Å². The van der Waals surface area contributed by atoms with Crippen LogP contribution in [-0.2, 0) is 0 Å². The van der Waals surface area contributed by atoms with Crippen molar-refractivity contribution >= 4 is 0 Å². The first kappa shape index (κ1) is 10.7. The zero-order valence-electron chi connectivity index (χ0n) is 8.22. The van der Waals surface area contributed by atoms with Crippen molar-refractivity contribution in [3.63, 3.8) is 0 Å². The first-order valence-electron chi connectivity index (χ1n) is 4.41. The van der Waals surface area contributed by atoms with Crippen LogP contribution in [0.2, 0.25) is 0 Å². The molecule has 0 aliphatic heterocycles. The minimum atomic E-state index is 0.479. The van der Waals surface area contributed by atoms with Gasteiger partial charge in [-0.25, -0.2) is 0 Å². The fourth-order valence-electron chi connectivity index (χ4n) is 1.00. The van der Waals surface area contributed by atoms with Crippen molar-refractivity contribution in [2.75, 3.05) is 7.05 Å². The van der Waals surface area contributed by atoms with Crippen LogP contribution >= 0.6 is 0 Å². The van der Waals surface area contributed by atoms with E-state index in [9.17, 15) is 0 Å². The number of nitrogens with one attached hydrogen (secondary N) is 1. The maximum absolute atomic E-state index is 3.78. The maximum Gasteiger partial charge on any atom is 0.0247 e. The molecule has 11 heavy (non-hydrogen) atoms. The molecule has 0 heterocycles. The van der Waals surface area contributed by atoms with Crippen LogP contribution in [0.25, 0.3) is 0 Å². The van der Waals surface area contributed by atoms with Crippen LogP contribution in [0.5, 0.6) is 0 Å². The molecule has 0 aromatic rings. The van der Waals surface area contributed by atoms with Gasteiger partial charge >= 0.3 is 0 Å². The van der Waals surface area contributed by atoms with Gasteiger partial charge in [0.1, 0.15) is 0 Å². The fourth-order valence-corrected chi connectivity index (χ4v) is 1.00. The van der Waals surface area contributed by atoms with Gasteiger partial charge in [0, 0.05) is 6.04 Å². The summed E-state index contributed by atoms with van der Waals surface area (Å²) in [5.41, 5.74) is 0. The highest BCUT2D eigenvalue weighted by Crippen LogP contribution is 2.15. The second-order valence-electron chi connectivity index (χ2n) is 3.59. The number of likely N-dealkylation sites (N-methyl/N-ethyl adjacent to an activating group) is 1. The molecule has 0 fully saturated rings. The largest absolute Gasteiger partial charge is 0.314 e. The molecular weight excluding hydrogens is 134 g/mol. The molecule has 1 N–H and O–H groups in total. The van der Waals surface area contributed by atoms with E-state index in [0.717, 1.165) is 11.8 Å². The summed E-state index contributed by atoms with van der Waals surface area (Å²) in [4.78, 5) is 0. The number of hydrogen-bond acceptors (Lipinski definition) is 1. The summed E-state index contributed by atoms with van der Waals surface area (Å²) in [7, 11) is 1.99. The predicted molar refractivity (Wildman–Crippen MR) is 51.7 cm³/mol. The summed E-state index contributed by atoms with van der Waals surface area (Å²) < 4.78 is 0. The van der Waals surface area contributed by atoms with Gasteiger partial charge in [-0.15, -0.1) is 6.58 Å². The Balaban J connectivity index is 3.71. The van der Waals surface area contributed by atoms with E-state index in [4.69, 9.17) is 0 Å². The first-order valence-corrected chi connectivity index (χ1v) is 4.41. The van der Waals surface area contributed by atoms with Gasteiger partial charge in [-0.1, -0.05) is 26.8 Å². The van der Waals surface area contributed by atoms with E-state index in [0.29, 0.717) is 6.04 Å². The van der Waals surface area contributed by atoms with Gasteiger partial charge in [0.15, 0.2) is 0 Å². The molecule has 0 aliphatic carbocycles. The molecule has 0 saturated carbocycles. The summed E-state index contributed by atoms with van der Waals surface area (Å²) in [5, 5.41) is 3.22. The molecule has 1 heteroatoms. The van der Waals surface area contributed by atoms with E-state index >= 15 is 0 Å². The lowest BCUT2D eigenvalue weighted by molar-refractivity contribution is 0.363. The van der Waals surface area contributed by atoms with Crippen molar-refractivity contribution in [1.82, 2.24) is 5.32 Å². The van der Waals surface area contributed by atoms with E-state index in [1.807, 2.05) is 13.1 Å². The van der Waals surface area contributed by atoms with Gasteiger partial charge in [0.2, 0.25) is 0 Å². The summed E-state index contributed by atoms with van der Waals surface area (Å²) in [5.74, 6) is 1.54. The molecular formula is C10H21N. The third-order valence-electron chi connectivity index (χ3n) is 2.42. The normalized spacial score (nSPS) is 16.5. The summed E-state index contributed by atoms with van der Waals surface area (Å²) in [6, 6.07) is 0.479. The van der Waals surface area contributed by atoms with Crippen molar-refractivity contribution in [3.05, 3.63) is 12.7 Å².